The van der Waals surface area contributed by atoms with E-state index in [2.05, 4.69) is 0 Å². The molecule has 5 rings (SSSR count). The molecule has 30 heavy (non-hydrogen) atoms. The number of ether oxygens (including phenoxy) is 1. The third-order valence-electron chi connectivity index (χ3n) is 6.35. The summed E-state index contributed by atoms with van der Waals surface area (Å²) >= 11 is 0. The second-order valence-corrected chi connectivity index (χ2v) is 8.54. The molecule has 1 aliphatic carbocycles. The number of aryl methyl sites for hydroxylation is 2. The van der Waals surface area contributed by atoms with E-state index in [1.54, 1.807) is 0 Å². The maximum Gasteiger partial charge on any atom is 0.339 e. The summed E-state index contributed by atoms with van der Waals surface area (Å²) in [6.07, 6.45) is 3.50. The van der Waals surface area contributed by atoms with Gasteiger partial charge in [0.1, 0.15) is 17.4 Å². The summed E-state index contributed by atoms with van der Waals surface area (Å²) < 4.78 is 12.2. The number of hydrogen-bond donors (Lipinski definition) is 0. The van der Waals surface area contributed by atoms with Crippen LogP contribution in [-0.4, -0.2) is 19.9 Å². The first-order valence-electron chi connectivity index (χ1n) is 10.5. The van der Waals surface area contributed by atoms with E-state index in [0.717, 1.165) is 59.0 Å². The van der Waals surface area contributed by atoms with Crippen molar-refractivity contribution >= 4 is 22.4 Å². The topological polar surface area (TPSA) is 59.8 Å². The standard InChI is InChI=1S/C25H25NO4/c1-14-12-21-23(17-6-4-5-7-18(17)25(28)30-21)24-22(14)19(27)13-20(29-24)15-8-10-16(11-9-15)26(2)3/h8-12,20H,4-7,13H2,1-3H3/t20-/m1/s1. The third-order valence-corrected chi connectivity index (χ3v) is 6.35. The van der Waals surface area contributed by atoms with Crippen LogP contribution >= 0.6 is 0 Å². The van der Waals surface area contributed by atoms with Gasteiger partial charge in [-0.2, -0.15) is 0 Å². The fourth-order valence-electron chi connectivity index (χ4n) is 4.78. The Labute approximate surface area is 175 Å². The van der Waals surface area contributed by atoms with Gasteiger partial charge in [-0.15, -0.1) is 0 Å². The molecule has 5 heteroatoms. The monoisotopic (exact) mass is 403 g/mol. The highest BCUT2D eigenvalue weighted by molar-refractivity contribution is 6.07. The van der Waals surface area contributed by atoms with Gasteiger partial charge in [-0.25, -0.2) is 4.79 Å². The molecule has 1 aliphatic heterocycles. The summed E-state index contributed by atoms with van der Waals surface area (Å²) in [6.45, 7) is 1.88. The van der Waals surface area contributed by atoms with Gasteiger partial charge in [0.15, 0.2) is 5.78 Å². The highest BCUT2D eigenvalue weighted by atomic mass is 16.5. The van der Waals surface area contributed by atoms with Gasteiger partial charge in [0, 0.05) is 25.3 Å². The number of benzene rings is 2. The van der Waals surface area contributed by atoms with E-state index >= 15 is 0 Å². The normalized spacial score (nSPS) is 18.0. The van der Waals surface area contributed by atoms with Gasteiger partial charge >= 0.3 is 5.63 Å². The molecule has 0 saturated heterocycles. The van der Waals surface area contributed by atoms with Gasteiger partial charge in [0.05, 0.1) is 17.4 Å². The van der Waals surface area contributed by atoms with E-state index in [1.807, 2.05) is 56.3 Å². The summed E-state index contributed by atoms with van der Waals surface area (Å²) in [5.41, 5.74) is 5.50. The Morgan fingerprint density at radius 2 is 1.70 bits per heavy atom. The first kappa shape index (κ1) is 18.9. The van der Waals surface area contributed by atoms with Crippen LogP contribution in [0.3, 0.4) is 0 Å². The second kappa shape index (κ2) is 7.01. The Morgan fingerprint density at radius 1 is 1.00 bits per heavy atom. The smallest absolute Gasteiger partial charge is 0.339 e. The van der Waals surface area contributed by atoms with E-state index in [0.29, 0.717) is 23.3 Å². The predicted molar refractivity (Wildman–Crippen MR) is 117 cm³/mol. The number of hydrogen-bond acceptors (Lipinski definition) is 5. The van der Waals surface area contributed by atoms with E-state index in [1.165, 1.54) is 0 Å². The lowest BCUT2D eigenvalue weighted by Gasteiger charge is -2.29. The Balaban J connectivity index is 1.68. The summed E-state index contributed by atoms with van der Waals surface area (Å²) in [4.78, 5) is 27.7. The molecule has 1 aromatic heterocycles. The highest BCUT2D eigenvalue weighted by Gasteiger charge is 2.33. The van der Waals surface area contributed by atoms with E-state index in [-0.39, 0.29) is 17.5 Å². The maximum absolute atomic E-state index is 13.2. The Hall–Kier alpha value is -3.08. The van der Waals surface area contributed by atoms with Crippen LogP contribution < -0.4 is 15.3 Å². The van der Waals surface area contributed by atoms with Crippen LogP contribution in [0, 0.1) is 6.92 Å². The molecule has 2 aliphatic rings. The molecule has 0 unspecified atom stereocenters. The zero-order valence-electron chi connectivity index (χ0n) is 17.6. The molecule has 0 radical (unpaired) electrons. The number of nitrogens with zero attached hydrogens (tertiary/aromatic N) is 1. The second-order valence-electron chi connectivity index (χ2n) is 8.54. The first-order valence-corrected chi connectivity index (χ1v) is 10.5. The fourth-order valence-corrected chi connectivity index (χ4v) is 4.78. The van der Waals surface area contributed by atoms with E-state index in [4.69, 9.17) is 9.15 Å². The molecule has 3 aromatic rings. The number of rotatable bonds is 2. The third kappa shape index (κ3) is 2.92. The lowest BCUT2D eigenvalue weighted by atomic mass is 9.86. The van der Waals surface area contributed by atoms with Crippen LogP contribution in [0.5, 0.6) is 5.75 Å². The van der Waals surface area contributed by atoms with E-state index in [9.17, 15) is 9.59 Å². The Morgan fingerprint density at radius 3 is 2.40 bits per heavy atom. The molecular weight excluding hydrogens is 378 g/mol. The minimum absolute atomic E-state index is 0.0769. The molecule has 5 nitrogen and oxygen atoms in total. The average molecular weight is 403 g/mol. The van der Waals surface area contributed by atoms with Crippen molar-refractivity contribution in [3.63, 3.8) is 0 Å². The lowest BCUT2D eigenvalue weighted by Crippen LogP contribution is -2.23. The van der Waals surface area contributed by atoms with Gasteiger partial charge in [0.2, 0.25) is 0 Å². The molecule has 0 N–H and O–H groups in total. The molecule has 1 atom stereocenters. The molecule has 2 heterocycles. The van der Waals surface area contributed by atoms with Gasteiger partial charge in [-0.05, 0) is 67.5 Å². The zero-order chi connectivity index (χ0) is 21.0. The van der Waals surface area contributed by atoms with Crippen LogP contribution in [0.25, 0.3) is 11.0 Å². The number of ketones is 1. The largest absolute Gasteiger partial charge is 0.484 e. The van der Waals surface area contributed by atoms with Crippen molar-refractivity contribution in [3.05, 3.63) is 68.6 Å². The highest BCUT2D eigenvalue weighted by Crippen LogP contribution is 2.44. The SMILES string of the molecule is Cc1cc2oc(=O)c3c(c2c2c1C(=O)C[C@H](c1ccc(N(C)C)cc1)O2)CCCC3. The minimum Gasteiger partial charge on any atom is -0.484 e. The van der Waals surface area contributed by atoms with Crippen LogP contribution in [-0.2, 0) is 12.8 Å². The van der Waals surface area contributed by atoms with Gasteiger partial charge in [-0.1, -0.05) is 12.1 Å². The number of fused-ring (bicyclic) bond motifs is 5. The summed E-state index contributed by atoms with van der Waals surface area (Å²) in [6, 6.07) is 9.93. The fraction of sp³-hybridized carbons (Fsp3) is 0.360. The van der Waals surface area contributed by atoms with Gasteiger partial charge < -0.3 is 14.1 Å². The number of carbonyl (C=O) groups excluding carboxylic acids is 1. The van der Waals surface area contributed by atoms with Crippen LogP contribution in [0.2, 0.25) is 0 Å². The van der Waals surface area contributed by atoms with Crippen molar-refractivity contribution in [3.8, 4) is 5.75 Å². The van der Waals surface area contributed by atoms with Crippen LogP contribution in [0.15, 0.2) is 39.5 Å². The molecule has 0 saturated carbocycles. The quantitative estimate of drug-likeness (QED) is 0.578. The minimum atomic E-state index is -0.350. The predicted octanol–water partition coefficient (Wildman–Crippen LogP) is 4.75. The first-order chi connectivity index (χ1) is 14.4. The van der Waals surface area contributed by atoms with Crippen molar-refractivity contribution in [2.24, 2.45) is 0 Å². The van der Waals surface area contributed by atoms with Crippen molar-refractivity contribution < 1.29 is 13.9 Å². The molecular formula is C25H25NO4. The Bertz CT molecular complexity index is 1220. The van der Waals surface area contributed by atoms with Gasteiger partial charge in [0.25, 0.3) is 0 Å². The lowest BCUT2D eigenvalue weighted by molar-refractivity contribution is 0.0852. The van der Waals surface area contributed by atoms with Crippen molar-refractivity contribution in [2.75, 3.05) is 19.0 Å². The number of carbonyl (C=O) groups is 1. The van der Waals surface area contributed by atoms with Crippen LogP contribution in [0.4, 0.5) is 5.69 Å². The summed E-state index contributed by atoms with van der Waals surface area (Å²) in [7, 11) is 4.00. The molecule has 154 valence electrons. The number of anilines is 1. The number of Topliss-reactive ketones (excluding diaryl/α,β-unsaturated/α-hetero) is 1. The van der Waals surface area contributed by atoms with Crippen molar-refractivity contribution in [1.29, 1.82) is 0 Å². The molecule has 2 aromatic carbocycles. The summed E-state index contributed by atoms with van der Waals surface area (Å²) in [5.74, 6) is 0.665. The average Bonchev–Trinajstić information content (AvgIpc) is 2.73. The summed E-state index contributed by atoms with van der Waals surface area (Å²) in [5, 5.41) is 0.813. The van der Waals surface area contributed by atoms with Crippen LogP contribution in [0.1, 0.15) is 58.0 Å². The Kier molecular flexibility index (Phi) is 4.42. The van der Waals surface area contributed by atoms with Gasteiger partial charge in [-0.3, -0.25) is 4.79 Å². The van der Waals surface area contributed by atoms with Crippen molar-refractivity contribution in [1.82, 2.24) is 0 Å². The maximum atomic E-state index is 13.2. The zero-order valence-corrected chi connectivity index (χ0v) is 17.6. The molecule has 0 amide bonds. The molecule has 0 spiro atoms. The van der Waals surface area contributed by atoms with E-state index < -0.39 is 0 Å². The molecule has 0 bridgehead atoms. The molecule has 0 fully saturated rings. The van der Waals surface area contributed by atoms with Crippen molar-refractivity contribution in [2.45, 2.75) is 45.1 Å².